The number of nitrogens with two attached hydrogens (primary N) is 1. The normalized spacial score (nSPS) is 24.6. The van der Waals surface area contributed by atoms with Gasteiger partial charge in [-0.2, -0.15) is 5.10 Å². The van der Waals surface area contributed by atoms with Crippen LogP contribution < -0.4 is 5.84 Å². The quantitative estimate of drug-likeness (QED) is 0.455. The van der Waals surface area contributed by atoms with Crippen LogP contribution in [0.2, 0.25) is 0 Å². The van der Waals surface area contributed by atoms with Crippen molar-refractivity contribution in [2.24, 2.45) is 16.4 Å². The summed E-state index contributed by atoms with van der Waals surface area (Å²) in [4.78, 5) is 0. The molecule has 1 aliphatic rings. The summed E-state index contributed by atoms with van der Waals surface area (Å²) in [5, 5.41) is 5.33. The summed E-state index contributed by atoms with van der Waals surface area (Å²) in [6.45, 7) is 5.03. The zero-order valence-electron chi connectivity index (χ0n) is 5.26. The molecule has 0 fully saturated rings. The monoisotopic (exact) mass is 113 g/mol. The Morgan fingerprint density at radius 1 is 1.75 bits per heavy atom. The van der Waals surface area contributed by atoms with Crippen LogP contribution in [0.4, 0.5) is 0 Å². The molecule has 0 saturated carbocycles. The Hall–Kier alpha value is -0.570. The molecule has 3 nitrogen and oxygen atoms in total. The minimum atomic E-state index is 0.175. The second kappa shape index (κ2) is 1.45. The SMILES string of the molecule is CC1(C)C=NN(N)C1. The minimum absolute atomic E-state index is 0.175. The van der Waals surface area contributed by atoms with Crippen LogP contribution in [0.25, 0.3) is 0 Å². The predicted molar refractivity (Wildman–Crippen MR) is 33.2 cm³/mol. The van der Waals surface area contributed by atoms with Gasteiger partial charge in [-0.1, -0.05) is 13.8 Å². The molecule has 0 aliphatic carbocycles. The molecule has 0 radical (unpaired) electrons. The summed E-state index contributed by atoms with van der Waals surface area (Å²) in [5.41, 5.74) is 0.175. The Bertz CT molecular complexity index is 117. The van der Waals surface area contributed by atoms with Crippen LogP contribution in [-0.2, 0) is 0 Å². The third-order valence-corrected chi connectivity index (χ3v) is 1.13. The van der Waals surface area contributed by atoms with Gasteiger partial charge in [0.05, 0.1) is 6.54 Å². The molecule has 0 atom stereocenters. The van der Waals surface area contributed by atoms with Gasteiger partial charge >= 0.3 is 0 Å². The van der Waals surface area contributed by atoms with Gasteiger partial charge in [-0.3, -0.25) is 0 Å². The highest BCUT2D eigenvalue weighted by Gasteiger charge is 2.22. The van der Waals surface area contributed by atoms with Crippen molar-refractivity contribution in [3.05, 3.63) is 0 Å². The molecule has 0 unspecified atom stereocenters. The zero-order valence-corrected chi connectivity index (χ0v) is 5.26. The lowest BCUT2D eigenvalue weighted by Crippen LogP contribution is -2.28. The average Bonchev–Trinajstić information content (AvgIpc) is 1.82. The van der Waals surface area contributed by atoms with Crippen molar-refractivity contribution >= 4 is 6.21 Å². The molecule has 46 valence electrons. The van der Waals surface area contributed by atoms with Crippen LogP contribution in [0.5, 0.6) is 0 Å². The Morgan fingerprint density at radius 2 is 2.38 bits per heavy atom. The molecule has 0 amide bonds. The molecule has 0 aromatic heterocycles. The topological polar surface area (TPSA) is 41.6 Å². The van der Waals surface area contributed by atoms with Crippen molar-refractivity contribution in [1.29, 1.82) is 0 Å². The molecule has 2 N–H and O–H groups in total. The van der Waals surface area contributed by atoms with Crippen LogP contribution in [0.1, 0.15) is 13.8 Å². The summed E-state index contributed by atoms with van der Waals surface area (Å²) >= 11 is 0. The molecular weight excluding hydrogens is 102 g/mol. The van der Waals surface area contributed by atoms with Crippen molar-refractivity contribution in [2.75, 3.05) is 6.54 Å². The third-order valence-electron chi connectivity index (χ3n) is 1.13. The van der Waals surface area contributed by atoms with Crippen molar-refractivity contribution in [3.8, 4) is 0 Å². The van der Waals surface area contributed by atoms with Gasteiger partial charge in [0.1, 0.15) is 0 Å². The van der Waals surface area contributed by atoms with Gasteiger partial charge in [0, 0.05) is 11.6 Å². The maximum atomic E-state index is 5.35. The number of hydrazone groups is 1. The van der Waals surface area contributed by atoms with Crippen molar-refractivity contribution in [1.82, 2.24) is 5.12 Å². The third kappa shape index (κ3) is 0.980. The molecule has 1 aliphatic heterocycles. The van der Waals surface area contributed by atoms with E-state index in [9.17, 15) is 0 Å². The van der Waals surface area contributed by atoms with E-state index in [1.54, 1.807) is 0 Å². The van der Waals surface area contributed by atoms with E-state index in [0.29, 0.717) is 0 Å². The summed E-state index contributed by atoms with van der Waals surface area (Å²) in [6, 6.07) is 0. The first-order valence-corrected chi connectivity index (χ1v) is 2.67. The highest BCUT2D eigenvalue weighted by atomic mass is 15.6. The maximum absolute atomic E-state index is 5.35. The van der Waals surface area contributed by atoms with Gasteiger partial charge in [-0.05, 0) is 0 Å². The van der Waals surface area contributed by atoms with E-state index in [-0.39, 0.29) is 5.41 Å². The van der Waals surface area contributed by atoms with E-state index in [2.05, 4.69) is 18.9 Å². The average molecular weight is 113 g/mol. The second-order valence-corrected chi connectivity index (χ2v) is 2.83. The molecule has 0 saturated heterocycles. The molecule has 0 aromatic carbocycles. The van der Waals surface area contributed by atoms with Crippen molar-refractivity contribution < 1.29 is 0 Å². The van der Waals surface area contributed by atoms with Crippen molar-refractivity contribution in [3.63, 3.8) is 0 Å². The lowest BCUT2D eigenvalue weighted by atomic mass is 9.97. The Labute approximate surface area is 49.1 Å². The summed E-state index contributed by atoms with van der Waals surface area (Å²) in [7, 11) is 0. The lowest BCUT2D eigenvalue weighted by molar-refractivity contribution is 0.274. The minimum Gasteiger partial charge on any atom is -0.232 e. The van der Waals surface area contributed by atoms with Gasteiger partial charge in [-0.15, -0.1) is 0 Å². The Morgan fingerprint density at radius 3 is 2.50 bits per heavy atom. The number of nitrogens with zero attached hydrogens (tertiary/aromatic N) is 2. The van der Waals surface area contributed by atoms with Crippen LogP contribution in [0.15, 0.2) is 5.10 Å². The Kier molecular flexibility index (Phi) is 1.01. The van der Waals surface area contributed by atoms with Gasteiger partial charge in [0.2, 0.25) is 0 Å². The fraction of sp³-hybridized carbons (Fsp3) is 0.800. The molecule has 1 heterocycles. The maximum Gasteiger partial charge on any atom is 0.0631 e. The zero-order chi connectivity index (χ0) is 6.20. The molecule has 0 bridgehead atoms. The summed E-state index contributed by atoms with van der Waals surface area (Å²) < 4.78 is 0. The van der Waals surface area contributed by atoms with Crippen LogP contribution in [0.3, 0.4) is 0 Å². The van der Waals surface area contributed by atoms with Gasteiger partial charge in [0.15, 0.2) is 0 Å². The molecule has 0 spiro atoms. The predicted octanol–water partition coefficient (Wildman–Crippen LogP) is 0.188. The number of rotatable bonds is 0. The van der Waals surface area contributed by atoms with E-state index < -0.39 is 0 Å². The lowest BCUT2D eigenvalue weighted by Gasteiger charge is -2.13. The van der Waals surface area contributed by atoms with E-state index in [1.165, 1.54) is 5.12 Å². The van der Waals surface area contributed by atoms with Crippen LogP contribution in [-0.4, -0.2) is 17.9 Å². The van der Waals surface area contributed by atoms with E-state index in [4.69, 9.17) is 5.84 Å². The van der Waals surface area contributed by atoms with E-state index in [0.717, 1.165) is 6.54 Å². The number of hydrogen-bond donors (Lipinski definition) is 1. The summed E-state index contributed by atoms with van der Waals surface area (Å²) in [6.07, 6.45) is 1.87. The number of hydrazine groups is 1. The number of hydrogen-bond acceptors (Lipinski definition) is 3. The fourth-order valence-electron chi connectivity index (χ4n) is 0.730. The van der Waals surface area contributed by atoms with Crippen LogP contribution >= 0.6 is 0 Å². The largest absolute Gasteiger partial charge is 0.232 e. The van der Waals surface area contributed by atoms with Crippen molar-refractivity contribution in [2.45, 2.75) is 13.8 Å². The standard InChI is InChI=1S/C5H11N3/c1-5(2)3-7-8(6)4-5/h3H,4,6H2,1-2H3. The molecular formula is C5H11N3. The molecule has 3 heteroatoms. The fourth-order valence-corrected chi connectivity index (χ4v) is 0.730. The first-order valence-electron chi connectivity index (χ1n) is 2.67. The first kappa shape index (κ1) is 5.56. The van der Waals surface area contributed by atoms with Gasteiger partial charge in [0.25, 0.3) is 0 Å². The highest BCUT2D eigenvalue weighted by Crippen LogP contribution is 2.17. The molecule has 8 heavy (non-hydrogen) atoms. The first-order chi connectivity index (χ1) is 3.60. The molecule has 0 aromatic rings. The van der Waals surface area contributed by atoms with E-state index in [1.807, 2.05) is 6.21 Å². The highest BCUT2D eigenvalue weighted by molar-refractivity contribution is 5.66. The Balaban J connectivity index is 2.58. The smallest absolute Gasteiger partial charge is 0.0631 e. The van der Waals surface area contributed by atoms with Gasteiger partial charge in [-0.25, -0.2) is 11.0 Å². The molecule has 1 rings (SSSR count). The summed E-state index contributed by atoms with van der Waals surface area (Å²) in [5.74, 6) is 5.35. The van der Waals surface area contributed by atoms with Crippen LogP contribution in [0, 0.1) is 5.41 Å². The second-order valence-electron chi connectivity index (χ2n) is 2.83. The van der Waals surface area contributed by atoms with E-state index >= 15 is 0 Å². The van der Waals surface area contributed by atoms with Gasteiger partial charge < -0.3 is 0 Å².